The third-order valence-corrected chi connectivity index (χ3v) is 4.19. The van der Waals surface area contributed by atoms with Crippen molar-refractivity contribution in [2.24, 2.45) is 5.10 Å². The second kappa shape index (κ2) is 6.50. The summed E-state index contributed by atoms with van der Waals surface area (Å²) >= 11 is 8.11. The highest BCUT2D eigenvalue weighted by Gasteiger charge is 2.11. The minimum absolute atomic E-state index is 0.192. The Morgan fingerprint density at radius 3 is 2.86 bits per heavy atom. The average Bonchev–Trinajstić information content (AvgIpc) is 2.92. The van der Waals surface area contributed by atoms with Crippen LogP contribution in [0.25, 0.3) is 11.0 Å². The van der Waals surface area contributed by atoms with Crippen molar-refractivity contribution in [3.63, 3.8) is 0 Å². The van der Waals surface area contributed by atoms with Gasteiger partial charge in [0, 0.05) is 19.5 Å². The van der Waals surface area contributed by atoms with E-state index in [1.807, 2.05) is 24.3 Å². The number of furan rings is 1. The van der Waals surface area contributed by atoms with Gasteiger partial charge in [0.05, 0.1) is 6.21 Å². The highest BCUT2D eigenvalue weighted by Crippen LogP contribution is 2.22. The Kier molecular flexibility index (Phi) is 4.44. The van der Waals surface area contributed by atoms with E-state index in [4.69, 9.17) is 16.0 Å². The molecule has 22 heavy (non-hydrogen) atoms. The quantitative estimate of drug-likeness (QED) is 0.384. The van der Waals surface area contributed by atoms with Crippen LogP contribution in [0.2, 0.25) is 5.02 Å². The number of hydrazone groups is 1. The average molecular weight is 425 g/mol. The summed E-state index contributed by atoms with van der Waals surface area (Å²) < 4.78 is 6.52. The lowest BCUT2D eigenvalue weighted by molar-refractivity contribution is 0.0929. The molecule has 0 spiro atoms. The second-order valence-electron chi connectivity index (χ2n) is 4.51. The Balaban J connectivity index is 1.75. The third kappa shape index (κ3) is 3.31. The third-order valence-electron chi connectivity index (χ3n) is 2.98. The molecular formula is C16H10ClIN2O2. The minimum atomic E-state index is -0.408. The standard InChI is InChI=1S/C16H10ClIN2O2/c17-12-5-6-14-11(7-12)8-15(22-14)16(21)20-19-9-10-3-1-2-4-13(10)18/h1-9H,(H,20,21)/b19-9-. The molecule has 1 aromatic heterocycles. The Bertz CT molecular complexity index is 873. The first-order valence-electron chi connectivity index (χ1n) is 6.40. The van der Waals surface area contributed by atoms with Crippen LogP contribution in [-0.2, 0) is 0 Å². The van der Waals surface area contributed by atoms with Gasteiger partial charge in [-0.05, 0) is 52.9 Å². The van der Waals surface area contributed by atoms with Crippen molar-refractivity contribution < 1.29 is 9.21 Å². The molecule has 0 aliphatic carbocycles. The summed E-state index contributed by atoms with van der Waals surface area (Å²) in [6.07, 6.45) is 1.60. The molecule has 3 rings (SSSR count). The monoisotopic (exact) mass is 424 g/mol. The van der Waals surface area contributed by atoms with Gasteiger partial charge in [0.2, 0.25) is 0 Å². The molecule has 0 aliphatic rings. The van der Waals surface area contributed by atoms with Crippen LogP contribution in [0.1, 0.15) is 16.1 Å². The molecule has 4 nitrogen and oxygen atoms in total. The largest absolute Gasteiger partial charge is 0.451 e. The summed E-state index contributed by atoms with van der Waals surface area (Å²) in [6, 6.07) is 14.6. The van der Waals surface area contributed by atoms with Crippen molar-refractivity contribution in [1.82, 2.24) is 5.43 Å². The van der Waals surface area contributed by atoms with Gasteiger partial charge in [0.15, 0.2) is 5.76 Å². The molecule has 0 atom stereocenters. The number of rotatable bonds is 3. The van der Waals surface area contributed by atoms with E-state index in [-0.39, 0.29) is 5.76 Å². The van der Waals surface area contributed by atoms with E-state index in [0.717, 1.165) is 14.5 Å². The number of fused-ring (bicyclic) bond motifs is 1. The number of hydrogen-bond donors (Lipinski definition) is 1. The Morgan fingerprint density at radius 1 is 1.23 bits per heavy atom. The van der Waals surface area contributed by atoms with E-state index >= 15 is 0 Å². The number of carbonyl (C=O) groups excluding carboxylic acids is 1. The molecule has 0 unspecified atom stereocenters. The maximum atomic E-state index is 12.0. The van der Waals surface area contributed by atoms with Gasteiger partial charge in [0.25, 0.3) is 0 Å². The Hall–Kier alpha value is -1.86. The van der Waals surface area contributed by atoms with Gasteiger partial charge in [-0.1, -0.05) is 29.8 Å². The van der Waals surface area contributed by atoms with Crippen LogP contribution in [-0.4, -0.2) is 12.1 Å². The molecular weight excluding hydrogens is 415 g/mol. The zero-order chi connectivity index (χ0) is 15.5. The molecule has 1 N–H and O–H groups in total. The maximum absolute atomic E-state index is 12.0. The lowest BCUT2D eigenvalue weighted by Gasteiger charge is -1.97. The summed E-state index contributed by atoms with van der Waals surface area (Å²) in [5.41, 5.74) is 3.99. The van der Waals surface area contributed by atoms with Crippen LogP contribution in [0, 0.1) is 3.57 Å². The van der Waals surface area contributed by atoms with Crippen LogP contribution in [0.3, 0.4) is 0 Å². The van der Waals surface area contributed by atoms with Gasteiger partial charge in [-0.15, -0.1) is 0 Å². The minimum Gasteiger partial charge on any atom is -0.451 e. The number of nitrogens with one attached hydrogen (secondary N) is 1. The van der Waals surface area contributed by atoms with Crippen molar-refractivity contribution in [2.45, 2.75) is 0 Å². The van der Waals surface area contributed by atoms with Crippen LogP contribution >= 0.6 is 34.2 Å². The molecule has 0 aliphatic heterocycles. The van der Waals surface area contributed by atoms with Gasteiger partial charge in [-0.2, -0.15) is 5.10 Å². The highest BCUT2D eigenvalue weighted by molar-refractivity contribution is 14.1. The van der Waals surface area contributed by atoms with Crippen molar-refractivity contribution in [3.05, 3.63) is 68.4 Å². The molecule has 110 valence electrons. The fourth-order valence-corrected chi connectivity index (χ4v) is 2.63. The molecule has 1 heterocycles. The lowest BCUT2D eigenvalue weighted by Crippen LogP contribution is -2.16. The van der Waals surface area contributed by atoms with Crippen LogP contribution in [0.15, 0.2) is 58.0 Å². The van der Waals surface area contributed by atoms with E-state index in [0.29, 0.717) is 10.6 Å². The van der Waals surface area contributed by atoms with Gasteiger partial charge < -0.3 is 4.42 Å². The fourth-order valence-electron chi connectivity index (χ4n) is 1.92. The second-order valence-corrected chi connectivity index (χ2v) is 6.11. The van der Waals surface area contributed by atoms with E-state index in [1.54, 1.807) is 30.5 Å². The molecule has 2 aromatic carbocycles. The predicted molar refractivity (Wildman–Crippen MR) is 95.4 cm³/mol. The van der Waals surface area contributed by atoms with E-state index in [1.165, 1.54) is 0 Å². The zero-order valence-corrected chi connectivity index (χ0v) is 14.1. The number of hydrogen-bond acceptors (Lipinski definition) is 3. The normalized spacial score (nSPS) is 11.2. The van der Waals surface area contributed by atoms with Gasteiger partial charge >= 0.3 is 5.91 Å². The van der Waals surface area contributed by atoms with Crippen LogP contribution in [0.4, 0.5) is 0 Å². The first kappa shape index (κ1) is 15.1. The number of carbonyl (C=O) groups is 1. The lowest BCUT2D eigenvalue weighted by atomic mass is 10.2. The van der Waals surface area contributed by atoms with Crippen molar-refractivity contribution in [2.75, 3.05) is 0 Å². The van der Waals surface area contributed by atoms with E-state index in [2.05, 4.69) is 33.1 Å². The summed E-state index contributed by atoms with van der Waals surface area (Å²) in [6.45, 7) is 0. The van der Waals surface area contributed by atoms with Crippen molar-refractivity contribution >= 4 is 57.3 Å². The summed E-state index contributed by atoms with van der Waals surface area (Å²) in [5.74, 6) is -0.216. The molecule has 0 bridgehead atoms. The highest BCUT2D eigenvalue weighted by atomic mass is 127. The van der Waals surface area contributed by atoms with Gasteiger partial charge in [-0.3, -0.25) is 4.79 Å². The predicted octanol–water partition coefficient (Wildman–Crippen LogP) is 4.45. The van der Waals surface area contributed by atoms with Crippen molar-refractivity contribution in [1.29, 1.82) is 0 Å². The molecule has 1 amide bonds. The molecule has 0 saturated heterocycles. The Labute approximate surface area is 145 Å². The molecule has 0 fully saturated rings. The van der Waals surface area contributed by atoms with Crippen LogP contribution in [0.5, 0.6) is 0 Å². The topological polar surface area (TPSA) is 54.6 Å². The molecule has 0 radical (unpaired) electrons. The first-order chi connectivity index (χ1) is 10.6. The number of amides is 1. The number of halogens is 2. The van der Waals surface area contributed by atoms with Gasteiger partial charge in [-0.25, -0.2) is 5.43 Å². The summed E-state index contributed by atoms with van der Waals surface area (Å²) in [4.78, 5) is 12.0. The van der Waals surface area contributed by atoms with Crippen LogP contribution < -0.4 is 5.43 Å². The molecule has 3 aromatic rings. The van der Waals surface area contributed by atoms with Crippen molar-refractivity contribution in [3.8, 4) is 0 Å². The number of nitrogens with zero attached hydrogens (tertiary/aromatic N) is 1. The SMILES string of the molecule is O=C(N/N=C\c1ccccc1I)c1cc2cc(Cl)ccc2o1. The van der Waals surface area contributed by atoms with E-state index < -0.39 is 5.91 Å². The maximum Gasteiger partial charge on any atom is 0.307 e. The summed E-state index contributed by atoms with van der Waals surface area (Å²) in [5, 5.41) is 5.32. The fraction of sp³-hybridized carbons (Fsp3) is 0. The van der Waals surface area contributed by atoms with Gasteiger partial charge in [0.1, 0.15) is 5.58 Å². The number of benzene rings is 2. The summed E-state index contributed by atoms with van der Waals surface area (Å²) in [7, 11) is 0. The first-order valence-corrected chi connectivity index (χ1v) is 7.86. The van der Waals surface area contributed by atoms with E-state index in [9.17, 15) is 4.79 Å². The smallest absolute Gasteiger partial charge is 0.307 e. The molecule has 6 heteroatoms. The Morgan fingerprint density at radius 2 is 2.05 bits per heavy atom. The zero-order valence-electron chi connectivity index (χ0n) is 11.2. The molecule has 0 saturated carbocycles.